The van der Waals surface area contributed by atoms with E-state index in [0.717, 1.165) is 5.56 Å². The number of benzene rings is 2. The molecule has 1 atom stereocenters. The van der Waals surface area contributed by atoms with Gasteiger partial charge in [0.1, 0.15) is 17.5 Å². The predicted octanol–water partition coefficient (Wildman–Crippen LogP) is 6.01. The zero-order valence-corrected chi connectivity index (χ0v) is 24.9. The van der Waals surface area contributed by atoms with Crippen LogP contribution >= 0.6 is 34.4 Å². The molecule has 5 rings (SSSR count). The van der Waals surface area contributed by atoms with Gasteiger partial charge in [0, 0.05) is 11.3 Å². The number of carbonyl (C=O) groups excluding carboxylic acids is 2. The van der Waals surface area contributed by atoms with Crippen LogP contribution in [0.15, 0.2) is 58.1 Å². The molecule has 2 aromatic heterocycles. The number of methoxy groups -OCH3 is 2. The number of ketones is 1. The van der Waals surface area contributed by atoms with Crippen molar-refractivity contribution in [3.05, 3.63) is 86.1 Å². The van der Waals surface area contributed by atoms with Crippen molar-refractivity contribution in [2.24, 2.45) is 0 Å². The molecule has 3 heterocycles. The number of aryl methyl sites for hydroxylation is 3. The molecule has 4 aromatic rings. The summed E-state index contributed by atoms with van der Waals surface area (Å²) in [6.07, 6.45) is 0. The predicted molar refractivity (Wildman–Crippen MR) is 156 cm³/mol. The second-order valence-corrected chi connectivity index (χ2v) is 12.4. The first-order valence-electron chi connectivity index (χ1n) is 12.2. The number of hydrogen-bond donors (Lipinski definition) is 1. The summed E-state index contributed by atoms with van der Waals surface area (Å²) in [5.41, 5.74) is 3.23. The Kier molecular flexibility index (Phi) is 7.92. The lowest BCUT2D eigenvalue weighted by Crippen LogP contribution is -2.31. The molecule has 0 radical (unpaired) electrons. The van der Waals surface area contributed by atoms with Crippen LogP contribution in [0.5, 0.6) is 11.5 Å². The largest absolute Gasteiger partial charge is 0.503 e. The highest BCUT2D eigenvalue weighted by Gasteiger charge is 2.48. The molecule has 12 heteroatoms. The van der Waals surface area contributed by atoms with Gasteiger partial charge in [-0.05, 0) is 44.5 Å². The first-order valence-corrected chi connectivity index (χ1v) is 14.8. The van der Waals surface area contributed by atoms with Crippen molar-refractivity contribution in [3.8, 4) is 11.5 Å². The fourth-order valence-electron chi connectivity index (χ4n) is 4.43. The normalized spacial score (nSPS) is 15.2. The Balaban J connectivity index is 1.57. The smallest absolute Gasteiger partial charge is 0.296 e. The maximum Gasteiger partial charge on any atom is 0.296 e. The first kappa shape index (κ1) is 27.8. The minimum atomic E-state index is -1.03. The Morgan fingerprint density at radius 3 is 2.45 bits per heavy atom. The summed E-state index contributed by atoms with van der Waals surface area (Å²) in [4.78, 5) is 33.5. The Morgan fingerprint density at radius 1 is 1.05 bits per heavy atom. The molecule has 1 unspecified atom stereocenters. The van der Waals surface area contributed by atoms with E-state index in [0.29, 0.717) is 42.7 Å². The third kappa shape index (κ3) is 5.21. The summed E-state index contributed by atoms with van der Waals surface area (Å²) in [5.74, 6) is -0.285. The van der Waals surface area contributed by atoms with Gasteiger partial charge in [0.05, 0.1) is 35.4 Å². The van der Waals surface area contributed by atoms with Gasteiger partial charge in [-0.1, -0.05) is 52.9 Å². The molecule has 1 N–H and O–H groups in total. The van der Waals surface area contributed by atoms with E-state index in [2.05, 4.69) is 39.4 Å². The molecular weight excluding hydrogens is 569 g/mol. The number of amides is 1. The fraction of sp³-hybridized carbons (Fsp3) is 0.250. The molecule has 0 saturated heterocycles. The van der Waals surface area contributed by atoms with Gasteiger partial charge < -0.3 is 14.6 Å². The fourth-order valence-corrected chi connectivity index (χ4v) is 7.13. The van der Waals surface area contributed by atoms with Crippen LogP contribution in [0.1, 0.15) is 43.1 Å². The van der Waals surface area contributed by atoms with Gasteiger partial charge in [-0.2, -0.15) is 0 Å². The van der Waals surface area contributed by atoms with Crippen LogP contribution < -0.4 is 14.4 Å². The summed E-state index contributed by atoms with van der Waals surface area (Å²) in [7, 11) is 3.02. The maximum absolute atomic E-state index is 13.9. The number of ether oxygens (including phenoxy) is 2. The van der Waals surface area contributed by atoms with Gasteiger partial charge in [-0.3, -0.25) is 14.5 Å². The Hall–Kier alpha value is -3.74. The summed E-state index contributed by atoms with van der Waals surface area (Å²) in [6, 6.07) is 12.3. The van der Waals surface area contributed by atoms with Gasteiger partial charge in [-0.25, -0.2) is 4.98 Å². The molecule has 2 aromatic carbocycles. The van der Waals surface area contributed by atoms with Crippen molar-refractivity contribution in [2.75, 3.05) is 19.1 Å². The summed E-state index contributed by atoms with van der Waals surface area (Å²) in [6.45, 7) is 5.56. The van der Waals surface area contributed by atoms with E-state index in [1.54, 1.807) is 32.0 Å². The maximum atomic E-state index is 13.9. The number of aliphatic hydroxyl groups excluding tert-OH is 1. The van der Waals surface area contributed by atoms with Gasteiger partial charge in [-0.15, -0.1) is 21.5 Å². The van der Waals surface area contributed by atoms with Crippen LogP contribution in [0.3, 0.4) is 0 Å². The number of aromatic nitrogens is 3. The number of nitrogens with zero attached hydrogens (tertiary/aromatic N) is 4. The molecule has 0 saturated carbocycles. The van der Waals surface area contributed by atoms with Gasteiger partial charge in [0.25, 0.3) is 5.91 Å². The van der Waals surface area contributed by atoms with Gasteiger partial charge in [0.2, 0.25) is 10.9 Å². The number of rotatable bonds is 9. The molecule has 1 aliphatic rings. The SMILES string of the molecule is COc1ccc(OC)c(C2C(C(=O)c3sc(C)nc3C)=C(O)C(=O)N2c2nnc(SCc3ccc(C)cc3)s2)c1. The summed E-state index contributed by atoms with van der Waals surface area (Å²) < 4.78 is 11.7. The number of carbonyl (C=O) groups is 2. The van der Waals surface area contributed by atoms with Crippen LogP contribution in [-0.4, -0.2) is 46.2 Å². The Morgan fingerprint density at radius 2 is 1.80 bits per heavy atom. The molecule has 0 fully saturated rings. The number of thioether (sulfide) groups is 1. The van der Waals surface area contributed by atoms with E-state index in [4.69, 9.17) is 9.47 Å². The quantitative estimate of drug-likeness (QED) is 0.141. The number of thiazole rings is 1. The summed E-state index contributed by atoms with van der Waals surface area (Å²) in [5, 5.41) is 20.7. The molecule has 40 heavy (non-hydrogen) atoms. The van der Waals surface area contributed by atoms with E-state index in [1.165, 1.54) is 59.1 Å². The van der Waals surface area contributed by atoms with Gasteiger partial charge >= 0.3 is 0 Å². The lowest BCUT2D eigenvalue weighted by Gasteiger charge is -2.25. The number of aliphatic hydroxyl groups is 1. The van der Waals surface area contributed by atoms with Crippen molar-refractivity contribution in [1.82, 2.24) is 15.2 Å². The highest BCUT2D eigenvalue weighted by Crippen LogP contribution is 2.47. The molecule has 0 bridgehead atoms. The van der Waals surface area contributed by atoms with E-state index >= 15 is 0 Å². The molecule has 1 amide bonds. The average Bonchev–Trinajstić information content (AvgIpc) is 3.63. The highest BCUT2D eigenvalue weighted by atomic mass is 32.2. The lowest BCUT2D eigenvalue weighted by molar-refractivity contribution is -0.117. The van der Waals surface area contributed by atoms with Crippen LogP contribution in [0.25, 0.3) is 0 Å². The monoisotopic (exact) mass is 594 g/mol. The van der Waals surface area contributed by atoms with Crippen molar-refractivity contribution < 1.29 is 24.2 Å². The zero-order valence-electron chi connectivity index (χ0n) is 22.4. The number of hydrogen-bond acceptors (Lipinski definition) is 11. The first-order chi connectivity index (χ1) is 19.2. The van der Waals surface area contributed by atoms with Crippen molar-refractivity contribution in [3.63, 3.8) is 0 Å². The standard InChI is InChI=1S/C28H26N4O5S3/c1-14-6-8-17(9-7-14)13-38-28-31-30-27(40-28)32-22(19-12-18(36-4)10-11-20(19)37-5)21(24(34)26(32)35)23(33)25-15(2)29-16(3)39-25/h6-12,22,34H,13H2,1-5H3. The van der Waals surface area contributed by atoms with Crippen molar-refractivity contribution in [1.29, 1.82) is 0 Å². The lowest BCUT2D eigenvalue weighted by atomic mass is 9.94. The second-order valence-electron chi connectivity index (χ2n) is 9.05. The van der Waals surface area contributed by atoms with E-state index in [-0.39, 0.29) is 10.7 Å². The van der Waals surface area contributed by atoms with Crippen LogP contribution in [0, 0.1) is 20.8 Å². The van der Waals surface area contributed by atoms with E-state index in [1.807, 2.05) is 6.92 Å². The number of Topliss-reactive ketones (excluding diaryl/α,β-unsaturated/α-hetero) is 1. The van der Waals surface area contributed by atoms with Crippen molar-refractivity contribution >= 4 is 51.3 Å². The van der Waals surface area contributed by atoms with E-state index in [9.17, 15) is 14.7 Å². The molecule has 206 valence electrons. The van der Waals surface area contributed by atoms with Crippen LogP contribution in [-0.2, 0) is 10.5 Å². The number of anilines is 1. The minimum absolute atomic E-state index is 0.0765. The second kappa shape index (κ2) is 11.4. The molecule has 0 aliphatic carbocycles. The topological polar surface area (TPSA) is 115 Å². The van der Waals surface area contributed by atoms with Crippen LogP contribution in [0.4, 0.5) is 5.13 Å². The van der Waals surface area contributed by atoms with Gasteiger partial charge in [0.15, 0.2) is 10.1 Å². The third-order valence-corrected chi connectivity index (χ3v) is 9.58. The molecule has 1 aliphatic heterocycles. The van der Waals surface area contributed by atoms with E-state index < -0.39 is 23.5 Å². The minimum Gasteiger partial charge on any atom is -0.503 e. The molecule has 9 nitrogen and oxygen atoms in total. The highest BCUT2D eigenvalue weighted by molar-refractivity contribution is 8.00. The van der Waals surface area contributed by atoms with Crippen LogP contribution in [0.2, 0.25) is 0 Å². The average molecular weight is 595 g/mol. The van der Waals surface area contributed by atoms with Crippen molar-refractivity contribution in [2.45, 2.75) is 36.9 Å². The molecule has 0 spiro atoms. The Bertz CT molecular complexity index is 1630. The zero-order chi connectivity index (χ0) is 28.6. The third-order valence-electron chi connectivity index (χ3n) is 6.38. The molecular formula is C28H26N4O5S3. The Labute approximate surface area is 243 Å². The summed E-state index contributed by atoms with van der Waals surface area (Å²) >= 11 is 3.92.